The van der Waals surface area contributed by atoms with Gasteiger partial charge in [0.25, 0.3) is 0 Å². The Balaban J connectivity index is 1.89. The molecule has 5 nitrogen and oxygen atoms in total. The topological polar surface area (TPSA) is 79.9 Å². The average Bonchev–Trinajstić information content (AvgIpc) is 2.98. The van der Waals surface area contributed by atoms with Crippen LogP contribution in [0.3, 0.4) is 0 Å². The van der Waals surface area contributed by atoms with Gasteiger partial charge in [-0.3, -0.25) is 0 Å². The predicted octanol–water partition coefficient (Wildman–Crippen LogP) is 2.67. The van der Waals surface area contributed by atoms with Gasteiger partial charge in [-0.05, 0) is 37.7 Å². The third-order valence-corrected chi connectivity index (χ3v) is 4.62. The summed E-state index contributed by atoms with van der Waals surface area (Å²) in [6.07, 6.45) is 7.83. The first-order valence-corrected chi connectivity index (χ1v) is 7.49. The summed E-state index contributed by atoms with van der Waals surface area (Å²) in [5, 5.41) is 5.02. The van der Waals surface area contributed by atoms with E-state index in [0.717, 1.165) is 54.0 Å². The van der Waals surface area contributed by atoms with Gasteiger partial charge in [-0.1, -0.05) is 0 Å². The van der Waals surface area contributed by atoms with Crippen LogP contribution in [0.2, 0.25) is 0 Å². The highest BCUT2D eigenvalue weighted by molar-refractivity contribution is 6.18. The van der Waals surface area contributed by atoms with Crippen molar-refractivity contribution in [2.24, 2.45) is 22.8 Å². The molecule has 1 aliphatic carbocycles. The molecule has 0 amide bonds. The number of alkyl halides is 1. The largest absolute Gasteiger partial charge is 0.346 e. The molecule has 0 saturated heterocycles. The van der Waals surface area contributed by atoms with E-state index in [-0.39, 0.29) is 0 Å². The minimum absolute atomic E-state index is 0.368. The molecular weight excluding hydrogens is 274 g/mol. The average molecular weight is 292 g/mol. The normalized spacial score (nSPS) is 24.1. The summed E-state index contributed by atoms with van der Waals surface area (Å²) < 4.78 is 0. The molecule has 2 aromatic rings. The molecule has 1 fully saturated rings. The molecule has 6 heteroatoms. The lowest BCUT2D eigenvalue weighted by Gasteiger charge is -2.27. The second-order valence-electron chi connectivity index (χ2n) is 5.35. The molecule has 20 heavy (non-hydrogen) atoms. The lowest BCUT2D eigenvalue weighted by atomic mass is 9.79. The standard InChI is InChI=1S/C14H18ClN5/c15-7-9-1-3-10(4-2-9)12(20-16)13-11-5-6-17-14(11)19-8-18-13/h5-6,8-10H,1-4,7,16H2,(H,17,18,19). The Kier molecular flexibility index (Phi) is 3.87. The number of hydrogen-bond acceptors (Lipinski definition) is 4. The van der Waals surface area contributed by atoms with Gasteiger partial charge in [-0.15, -0.1) is 11.6 Å². The van der Waals surface area contributed by atoms with Crippen molar-refractivity contribution in [1.82, 2.24) is 15.0 Å². The Morgan fingerprint density at radius 3 is 2.85 bits per heavy atom. The van der Waals surface area contributed by atoms with E-state index in [9.17, 15) is 0 Å². The Morgan fingerprint density at radius 2 is 2.15 bits per heavy atom. The van der Waals surface area contributed by atoms with Gasteiger partial charge < -0.3 is 10.8 Å². The Bertz CT molecular complexity index is 613. The van der Waals surface area contributed by atoms with Crippen molar-refractivity contribution in [3.63, 3.8) is 0 Å². The number of nitrogens with one attached hydrogen (secondary N) is 1. The predicted molar refractivity (Wildman–Crippen MR) is 80.8 cm³/mol. The fourth-order valence-corrected chi connectivity index (χ4v) is 3.34. The highest BCUT2D eigenvalue weighted by Gasteiger charge is 2.27. The van der Waals surface area contributed by atoms with E-state index in [1.165, 1.54) is 0 Å². The van der Waals surface area contributed by atoms with E-state index in [4.69, 9.17) is 17.4 Å². The van der Waals surface area contributed by atoms with Crippen LogP contribution in [0, 0.1) is 11.8 Å². The van der Waals surface area contributed by atoms with Crippen molar-refractivity contribution >= 4 is 28.3 Å². The molecule has 0 aliphatic heterocycles. The van der Waals surface area contributed by atoms with Gasteiger partial charge in [0, 0.05) is 23.4 Å². The van der Waals surface area contributed by atoms with Crippen LogP contribution in [-0.4, -0.2) is 26.5 Å². The third-order valence-electron chi connectivity index (χ3n) is 4.19. The summed E-state index contributed by atoms with van der Waals surface area (Å²) in [6, 6.07) is 1.97. The van der Waals surface area contributed by atoms with Crippen LogP contribution < -0.4 is 5.84 Å². The van der Waals surface area contributed by atoms with Crippen LogP contribution in [0.5, 0.6) is 0 Å². The lowest BCUT2D eigenvalue weighted by Crippen LogP contribution is -2.25. The molecule has 0 aromatic carbocycles. The summed E-state index contributed by atoms with van der Waals surface area (Å²) in [7, 11) is 0. The molecule has 1 aliphatic rings. The van der Waals surface area contributed by atoms with Gasteiger partial charge in [0.15, 0.2) is 0 Å². The molecule has 0 radical (unpaired) electrons. The number of fused-ring (bicyclic) bond motifs is 1. The molecule has 0 spiro atoms. The maximum absolute atomic E-state index is 5.94. The first-order valence-electron chi connectivity index (χ1n) is 6.95. The molecule has 3 N–H and O–H groups in total. The highest BCUT2D eigenvalue weighted by Crippen LogP contribution is 2.32. The van der Waals surface area contributed by atoms with Crippen LogP contribution in [-0.2, 0) is 0 Å². The Hall–Kier alpha value is -1.62. The van der Waals surface area contributed by atoms with Crippen LogP contribution in [0.4, 0.5) is 0 Å². The van der Waals surface area contributed by atoms with Crippen LogP contribution >= 0.6 is 11.6 Å². The molecule has 2 aromatic heterocycles. The van der Waals surface area contributed by atoms with E-state index in [0.29, 0.717) is 11.8 Å². The summed E-state index contributed by atoms with van der Waals surface area (Å²) in [5.74, 6) is 7.40. The van der Waals surface area contributed by atoms with E-state index >= 15 is 0 Å². The molecule has 0 bridgehead atoms. The fraction of sp³-hybridized carbons (Fsp3) is 0.500. The van der Waals surface area contributed by atoms with Crippen LogP contribution in [0.25, 0.3) is 11.0 Å². The van der Waals surface area contributed by atoms with E-state index in [1.54, 1.807) is 6.33 Å². The summed E-state index contributed by atoms with van der Waals surface area (Å²) >= 11 is 5.94. The van der Waals surface area contributed by atoms with E-state index in [2.05, 4.69) is 20.1 Å². The second kappa shape index (κ2) is 5.79. The van der Waals surface area contributed by atoms with Crippen molar-refractivity contribution in [1.29, 1.82) is 0 Å². The smallest absolute Gasteiger partial charge is 0.141 e. The maximum Gasteiger partial charge on any atom is 0.141 e. The first kappa shape index (κ1) is 13.4. The zero-order valence-electron chi connectivity index (χ0n) is 11.2. The van der Waals surface area contributed by atoms with E-state index < -0.39 is 0 Å². The number of nitrogens with two attached hydrogens (primary N) is 1. The molecule has 2 heterocycles. The molecular formula is C14H18ClN5. The van der Waals surface area contributed by atoms with Gasteiger partial charge in [-0.25, -0.2) is 9.97 Å². The minimum atomic E-state index is 0.368. The number of halogens is 1. The second-order valence-corrected chi connectivity index (χ2v) is 5.66. The number of hydrogen-bond donors (Lipinski definition) is 2. The van der Waals surface area contributed by atoms with Crippen molar-refractivity contribution in [2.75, 3.05) is 5.88 Å². The van der Waals surface area contributed by atoms with Crippen molar-refractivity contribution in [2.45, 2.75) is 25.7 Å². The Morgan fingerprint density at radius 1 is 1.35 bits per heavy atom. The zero-order chi connectivity index (χ0) is 13.9. The molecule has 0 unspecified atom stereocenters. The van der Waals surface area contributed by atoms with Crippen molar-refractivity contribution in [3.8, 4) is 0 Å². The third kappa shape index (κ3) is 2.38. The number of nitrogens with zero attached hydrogens (tertiary/aromatic N) is 3. The lowest BCUT2D eigenvalue weighted by molar-refractivity contribution is 0.347. The number of H-pyrrole nitrogens is 1. The summed E-state index contributed by atoms with van der Waals surface area (Å²) in [5.41, 5.74) is 2.57. The summed E-state index contributed by atoms with van der Waals surface area (Å²) in [4.78, 5) is 11.7. The van der Waals surface area contributed by atoms with Gasteiger partial charge in [-0.2, -0.15) is 5.10 Å². The highest BCUT2D eigenvalue weighted by atomic mass is 35.5. The quantitative estimate of drug-likeness (QED) is 0.395. The molecule has 1 saturated carbocycles. The SMILES string of the molecule is NN=C(c1ncnc2[nH]ccc12)C1CCC(CCl)CC1. The summed E-state index contributed by atoms with van der Waals surface area (Å²) in [6.45, 7) is 0. The van der Waals surface area contributed by atoms with Crippen molar-refractivity contribution in [3.05, 3.63) is 24.3 Å². The maximum atomic E-state index is 5.94. The number of aromatic amines is 1. The number of aromatic nitrogens is 3. The van der Waals surface area contributed by atoms with Gasteiger partial charge >= 0.3 is 0 Å². The fourth-order valence-electron chi connectivity index (χ4n) is 3.03. The van der Waals surface area contributed by atoms with Gasteiger partial charge in [0.05, 0.1) is 11.4 Å². The van der Waals surface area contributed by atoms with Crippen LogP contribution in [0.1, 0.15) is 31.4 Å². The molecule has 3 rings (SSSR count). The number of rotatable bonds is 3. The minimum Gasteiger partial charge on any atom is -0.346 e. The monoisotopic (exact) mass is 291 g/mol. The zero-order valence-corrected chi connectivity index (χ0v) is 12.0. The van der Waals surface area contributed by atoms with Gasteiger partial charge in [0.1, 0.15) is 12.0 Å². The molecule has 106 valence electrons. The first-order chi connectivity index (χ1) is 9.83. The van der Waals surface area contributed by atoms with E-state index in [1.807, 2.05) is 12.3 Å². The molecule has 0 atom stereocenters. The van der Waals surface area contributed by atoms with Crippen LogP contribution in [0.15, 0.2) is 23.7 Å². The number of hydrazone groups is 1. The van der Waals surface area contributed by atoms with Crippen molar-refractivity contribution < 1.29 is 0 Å². The van der Waals surface area contributed by atoms with Gasteiger partial charge in [0.2, 0.25) is 0 Å². The Labute approximate surface area is 122 Å².